The number of carbonyl (C=O) groups is 2. The number of benzene rings is 2. The van der Waals surface area contributed by atoms with E-state index in [0.717, 1.165) is 15.6 Å². The maximum atomic E-state index is 13.6. The van der Waals surface area contributed by atoms with Crippen LogP contribution < -0.4 is 5.32 Å². The molecule has 0 atom stereocenters. The largest absolute Gasteiger partial charge is 0.352 e. The number of amides is 2. The molecule has 0 bridgehead atoms. The summed E-state index contributed by atoms with van der Waals surface area (Å²) in [7, 11) is 0. The number of hydrogen-bond acceptors (Lipinski definition) is 2. The fourth-order valence-electron chi connectivity index (χ4n) is 3.32. The Morgan fingerprint density at radius 2 is 1.93 bits per heavy atom. The second-order valence-electron chi connectivity index (χ2n) is 7.26. The van der Waals surface area contributed by atoms with Gasteiger partial charge in [0.1, 0.15) is 5.82 Å². The number of nitrogens with one attached hydrogen (secondary N) is 1. The zero-order valence-corrected chi connectivity index (χ0v) is 17.9. The van der Waals surface area contributed by atoms with Crippen LogP contribution in [-0.2, 0) is 16.1 Å². The number of halogens is 2. The van der Waals surface area contributed by atoms with Crippen molar-refractivity contribution < 1.29 is 14.0 Å². The van der Waals surface area contributed by atoms with Gasteiger partial charge in [-0.25, -0.2) is 4.39 Å². The van der Waals surface area contributed by atoms with Gasteiger partial charge in [0, 0.05) is 36.1 Å². The monoisotopic (exact) mass is 458 g/mol. The molecule has 2 aromatic rings. The molecule has 0 aliphatic carbocycles. The fraction of sp³-hybridized carbons (Fsp3) is 0.304. The lowest BCUT2D eigenvalue weighted by atomic mass is 9.95. The molecular weight excluding hydrogens is 435 g/mol. The third kappa shape index (κ3) is 5.76. The van der Waals surface area contributed by atoms with E-state index in [0.29, 0.717) is 38.0 Å². The zero-order valence-electron chi connectivity index (χ0n) is 16.3. The van der Waals surface area contributed by atoms with Crippen LogP contribution in [0.3, 0.4) is 0 Å². The van der Waals surface area contributed by atoms with E-state index < -0.39 is 0 Å². The molecule has 6 heteroatoms. The summed E-state index contributed by atoms with van der Waals surface area (Å²) in [5, 5.41) is 2.88. The first-order chi connectivity index (χ1) is 13.9. The minimum Gasteiger partial charge on any atom is -0.352 e. The number of carbonyl (C=O) groups excluding carboxylic acids is 2. The Bertz CT molecular complexity index is 921. The van der Waals surface area contributed by atoms with Crippen LogP contribution in [0.2, 0.25) is 0 Å². The summed E-state index contributed by atoms with van der Waals surface area (Å²) in [6, 6.07) is 12.7. The molecule has 3 rings (SSSR count). The Morgan fingerprint density at radius 3 is 2.62 bits per heavy atom. The molecule has 1 aliphatic rings. The van der Waals surface area contributed by atoms with E-state index in [-0.39, 0.29) is 23.5 Å². The van der Waals surface area contributed by atoms with Crippen LogP contribution in [0.25, 0.3) is 6.08 Å². The van der Waals surface area contributed by atoms with Crippen LogP contribution in [-0.4, -0.2) is 29.8 Å². The summed E-state index contributed by atoms with van der Waals surface area (Å²) in [5.74, 6) is -0.475. The molecule has 152 valence electrons. The van der Waals surface area contributed by atoms with E-state index >= 15 is 0 Å². The summed E-state index contributed by atoms with van der Waals surface area (Å²) in [5.41, 5.74) is 2.28. The van der Waals surface area contributed by atoms with Crippen LogP contribution >= 0.6 is 15.9 Å². The summed E-state index contributed by atoms with van der Waals surface area (Å²) >= 11 is 3.46. The summed E-state index contributed by atoms with van der Waals surface area (Å²) in [6.45, 7) is 3.12. The molecule has 1 N–H and O–H groups in total. The van der Waals surface area contributed by atoms with E-state index in [1.54, 1.807) is 30.0 Å². The zero-order chi connectivity index (χ0) is 20.8. The standard InChI is InChI=1S/C23H24BrFN2O2/c1-16-6-7-17(14-21(16)25)15-26-23(29)19-10-12-27(13-11-19)22(28)9-8-18-4-2-3-5-20(18)24/h2-9,14,19H,10-13,15H2,1H3,(H,26,29). The molecule has 1 heterocycles. The van der Waals surface area contributed by atoms with Crippen molar-refractivity contribution in [1.29, 1.82) is 0 Å². The molecule has 0 aromatic heterocycles. The van der Waals surface area contributed by atoms with Gasteiger partial charge in [-0.2, -0.15) is 0 Å². The number of nitrogens with zero attached hydrogens (tertiary/aromatic N) is 1. The maximum absolute atomic E-state index is 13.6. The Kier molecular flexibility index (Phi) is 7.20. The van der Waals surface area contributed by atoms with Crippen molar-refractivity contribution in [2.45, 2.75) is 26.3 Å². The SMILES string of the molecule is Cc1ccc(CNC(=O)C2CCN(C(=O)C=Cc3ccccc3Br)CC2)cc1F. The number of likely N-dealkylation sites (tertiary alicyclic amines) is 1. The minimum absolute atomic E-state index is 0.0400. The van der Waals surface area contributed by atoms with Crippen molar-refractivity contribution >= 4 is 33.8 Å². The Hall–Kier alpha value is -2.47. The highest BCUT2D eigenvalue weighted by Crippen LogP contribution is 2.20. The number of aryl methyl sites for hydroxylation is 1. The van der Waals surface area contributed by atoms with Crippen molar-refractivity contribution in [3.05, 3.63) is 75.5 Å². The first-order valence-electron chi connectivity index (χ1n) is 9.68. The lowest BCUT2D eigenvalue weighted by Gasteiger charge is -2.30. The van der Waals surface area contributed by atoms with Crippen molar-refractivity contribution in [1.82, 2.24) is 10.2 Å². The topological polar surface area (TPSA) is 49.4 Å². The number of hydrogen-bond donors (Lipinski definition) is 1. The molecule has 1 aliphatic heterocycles. The second kappa shape index (κ2) is 9.83. The first-order valence-corrected chi connectivity index (χ1v) is 10.5. The van der Waals surface area contributed by atoms with Crippen molar-refractivity contribution in [2.24, 2.45) is 5.92 Å². The number of piperidine rings is 1. The van der Waals surface area contributed by atoms with Crippen molar-refractivity contribution in [3.8, 4) is 0 Å². The maximum Gasteiger partial charge on any atom is 0.246 e. The van der Waals surface area contributed by atoms with Gasteiger partial charge in [0.25, 0.3) is 0 Å². The molecule has 29 heavy (non-hydrogen) atoms. The van der Waals surface area contributed by atoms with Crippen molar-refractivity contribution in [2.75, 3.05) is 13.1 Å². The molecule has 0 unspecified atom stereocenters. The van der Waals surface area contributed by atoms with Gasteiger partial charge < -0.3 is 10.2 Å². The molecule has 0 saturated carbocycles. The van der Waals surface area contributed by atoms with Crippen LogP contribution in [0.5, 0.6) is 0 Å². The normalized spacial score (nSPS) is 14.9. The van der Waals surface area contributed by atoms with Gasteiger partial charge in [-0.05, 0) is 54.7 Å². The molecule has 0 spiro atoms. The smallest absolute Gasteiger partial charge is 0.246 e. The van der Waals surface area contributed by atoms with Crippen LogP contribution in [0.15, 0.2) is 53.0 Å². The van der Waals surface area contributed by atoms with E-state index in [2.05, 4.69) is 21.2 Å². The predicted molar refractivity (Wildman–Crippen MR) is 115 cm³/mol. The minimum atomic E-state index is -0.265. The lowest BCUT2D eigenvalue weighted by Crippen LogP contribution is -2.42. The fourth-order valence-corrected chi connectivity index (χ4v) is 3.74. The second-order valence-corrected chi connectivity index (χ2v) is 8.11. The van der Waals surface area contributed by atoms with Gasteiger partial charge in [-0.15, -0.1) is 0 Å². The molecule has 1 fully saturated rings. The van der Waals surface area contributed by atoms with Gasteiger partial charge in [0.05, 0.1) is 0 Å². The summed E-state index contributed by atoms with van der Waals surface area (Å²) in [6.07, 6.45) is 4.63. The molecule has 4 nitrogen and oxygen atoms in total. The molecule has 0 radical (unpaired) electrons. The highest BCUT2D eigenvalue weighted by Gasteiger charge is 2.26. The van der Waals surface area contributed by atoms with E-state index in [9.17, 15) is 14.0 Å². The van der Waals surface area contributed by atoms with Crippen LogP contribution in [0, 0.1) is 18.7 Å². The van der Waals surface area contributed by atoms with Gasteiger partial charge in [-0.1, -0.05) is 46.3 Å². The third-order valence-corrected chi connectivity index (χ3v) is 5.91. The average molecular weight is 459 g/mol. The Labute approximate surface area is 178 Å². The lowest BCUT2D eigenvalue weighted by molar-refractivity contribution is -0.132. The first kappa shape index (κ1) is 21.2. The van der Waals surface area contributed by atoms with Crippen LogP contribution in [0.1, 0.15) is 29.5 Å². The van der Waals surface area contributed by atoms with E-state index in [4.69, 9.17) is 0 Å². The van der Waals surface area contributed by atoms with Gasteiger partial charge in [0.15, 0.2) is 0 Å². The molecule has 2 amide bonds. The van der Waals surface area contributed by atoms with E-state index in [1.165, 1.54) is 6.07 Å². The van der Waals surface area contributed by atoms with Gasteiger partial charge >= 0.3 is 0 Å². The predicted octanol–water partition coefficient (Wildman–Crippen LogP) is 4.46. The summed E-state index contributed by atoms with van der Waals surface area (Å²) < 4.78 is 14.5. The highest BCUT2D eigenvalue weighted by atomic mass is 79.9. The quantitative estimate of drug-likeness (QED) is 0.672. The molecule has 2 aromatic carbocycles. The average Bonchev–Trinajstić information content (AvgIpc) is 2.73. The van der Waals surface area contributed by atoms with Crippen molar-refractivity contribution in [3.63, 3.8) is 0 Å². The molecule has 1 saturated heterocycles. The third-order valence-electron chi connectivity index (χ3n) is 5.19. The van der Waals surface area contributed by atoms with Gasteiger partial charge in [0.2, 0.25) is 11.8 Å². The van der Waals surface area contributed by atoms with E-state index in [1.807, 2.05) is 30.3 Å². The Morgan fingerprint density at radius 1 is 1.21 bits per heavy atom. The number of rotatable bonds is 5. The molecular formula is C23H24BrFN2O2. The summed E-state index contributed by atoms with van der Waals surface area (Å²) in [4.78, 5) is 26.6. The van der Waals surface area contributed by atoms with Gasteiger partial charge in [-0.3, -0.25) is 9.59 Å². The van der Waals surface area contributed by atoms with Crippen LogP contribution in [0.4, 0.5) is 4.39 Å². The highest BCUT2D eigenvalue weighted by molar-refractivity contribution is 9.10. The Balaban J connectivity index is 1.46.